The summed E-state index contributed by atoms with van der Waals surface area (Å²) in [5.74, 6) is 0.649. The fourth-order valence-corrected chi connectivity index (χ4v) is 2.19. The Hall–Kier alpha value is -2.07. The van der Waals surface area contributed by atoms with E-state index in [4.69, 9.17) is 10.5 Å². The van der Waals surface area contributed by atoms with Crippen molar-refractivity contribution in [3.8, 4) is 5.88 Å². The topological polar surface area (TPSA) is 51.4 Å². The molecule has 1 aromatic heterocycles. The van der Waals surface area contributed by atoms with Crippen molar-refractivity contribution in [1.82, 2.24) is 9.88 Å². The van der Waals surface area contributed by atoms with Crippen LogP contribution >= 0.6 is 0 Å². The molecule has 0 aliphatic carbocycles. The number of aromatic nitrogens is 1. The lowest BCUT2D eigenvalue weighted by Crippen LogP contribution is -2.30. The van der Waals surface area contributed by atoms with Gasteiger partial charge in [-0.15, -0.1) is 0 Å². The first-order valence-corrected chi connectivity index (χ1v) is 7.17. The van der Waals surface area contributed by atoms with E-state index in [-0.39, 0.29) is 0 Å². The minimum Gasteiger partial charge on any atom is -0.481 e. The molecule has 0 bridgehead atoms. The number of nitrogens with zero attached hydrogens (tertiary/aromatic N) is 2. The lowest BCUT2D eigenvalue weighted by molar-refractivity contribution is 0.201. The minimum absolute atomic E-state index is 0.401. The average Bonchev–Trinajstić information content (AvgIpc) is 2.49. The summed E-state index contributed by atoms with van der Waals surface area (Å²) < 4.78 is 5.18. The Labute approximate surface area is 126 Å². The van der Waals surface area contributed by atoms with E-state index in [0.29, 0.717) is 11.9 Å². The number of hydrogen-bond donors (Lipinski definition) is 1. The zero-order valence-electron chi connectivity index (χ0n) is 12.9. The quantitative estimate of drug-likeness (QED) is 0.829. The molecule has 0 amide bonds. The van der Waals surface area contributed by atoms with E-state index in [1.807, 2.05) is 36.4 Å². The zero-order chi connectivity index (χ0) is 15.2. The van der Waals surface area contributed by atoms with Crippen LogP contribution in [0, 0.1) is 0 Å². The molecule has 0 spiro atoms. The summed E-state index contributed by atoms with van der Waals surface area (Å²) in [7, 11) is 1.64. The van der Waals surface area contributed by atoms with Gasteiger partial charge in [0.1, 0.15) is 0 Å². The first-order valence-electron chi connectivity index (χ1n) is 7.17. The molecule has 4 nitrogen and oxygen atoms in total. The van der Waals surface area contributed by atoms with Crippen LogP contribution in [0.2, 0.25) is 0 Å². The monoisotopic (exact) mass is 285 g/mol. The first kappa shape index (κ1) is 15.3. The van der Waals surface area contributed by atoms with Crippen molar-refractivity contribution in [2.45, 2.75) is 33.0 Å². The number of methoxy groups -OCH3 is 1. The van der Waals surface area contributed by atoms with Crippen LogP contribution in [0.4, 0.5) is 5.69 Å². The van der Waals surface area contributed by atoms with Crippen molar-refractivity contribution in [3.05, 3.63) is 53.7 Å². The number of ether oxygens (including phenoxy) is 1. The van der Waals surface area contributed by atoms with Crippen molar-refractivity contribution in [3.63, 3.8) is 0 Å². The number of pyridine rings is 1. The Morgan fingerprint density at radius 1 is 1.10 bits per heavy atom. The lowest BCUT2D eigenvalue weighted by atomic mass is 10.1. The molecular formula is C17H23N3O. The highest BCUT2D eigenvalue weighted by Gasteiger charge is 2.13. The van der Waals surface area contributed by atoms with Gasteiger partial charge in [-0.1, -0.05) is 24.3 Å². The normalized spacial score (nSPS) is 11.1. The van der Waals surface area contributed by atoms with Crippen LogP contribution in [0.3, 0.4) is 0 Å². The highest BCUT2D eigenvalue weighted by molar-refractivity contribution is 5.46. The van der Waals surface area contributed by atoms with Crippen molar-refractivity contribution in [1.29, 1.82) is 0 Å². The number of nitrogen functional groups attached to an aromatic ring is 1. The van der Waals surface area contributed by atoms with Crippen molar-refractivity contribution in [2.24, 2.45) is 0 Å². The number of anilines is 1. The first-order chi connectivity index (χ1) is 10.1. The Bertz CT molecular complexity index is 584. The van der Waals surface area contributed by atoms with E-state index in [1.165, 1.54) is 0 Å². The molecule has 0 atom stereocenters. The number of hydrogen-bond acceptors (Lipinski definition) is 4. The lowest BCUT2D eigenvalue weighted by Gasteiger charge is -2.26. The van der Waals surface area contributed by atoms with Crippen molar-refractivity contribution in [2.75, 3.05) is 12.8 Å². The Kier molecular flexibility index (Phi) is 5.17. The van der Waals surface area contributed by atoms with E-state index in [2.05, 4.69) is 29.8 Å². The molecule has 0 aliphatic rings. The van der Waals surface area contributed by atoms with E-state index >= 15 is 0 Å². The molecule has 2 rings (SSSR count). The second kappa shape index (κ2) is 7.09. The highest BCUT2D eigenvalue weighted by atomic mass is 16.5. The van der Waals surface area contributed by atoms with Crippen LogP contribution in [-0.2, 0) is 13.1 Å². The van der Waals surface area contributed by atoms with Crippen LogP contribution in [0.25, 0.3) is 0 Å². The molecule has 2 N–H and O–H groups in total. The third kappa shape index (κ3) is 4.20. The van der Waals surface area contributed by atoms with Gasteiger partial charge in [0.2, 0.25) is 5.88 Å². The van der Waals surface area contributed by atoms with Gasteiger partial charge in [0.25, 0.3) is 0 Å². The predicted octanol–water partition coefficient (Wildman–Crippen LogP) is 3.08. The molecule has 1 heterocycles. The SMILES string of the molecule is COc1cccc(CN(Cc2ccccc2N)C(C)C)n1. The van der Waals surface area contributed by atoms with Crippen LogP contribution in [-0.4, -0.2) is 23.0 Å². The average molecular weight is 285 g/mol. The molecular weight excluding hydrogens is 262 g/mol. The molecule has 0 unspecified atom stereocenters. The number of rotatable bonds is 6. The fraction of sp³-hybridized carbons (Fsp3) is 0.353. The van der Waals surface area contributed by atoms with E-state index < -0.39 is 0 Å². The van der Waals surface area contributed by atoms with Gasteiger partial charge in [-0.05, 0) is 31.5 Å². The van der Waals surface area contributed by atoms with E-state index in [9.17, 15) is 0 Å². The van der Waals surface area contributed by atoms with E-state index in [0.717, 1.165) is 30.0 Å². The molecule has 0 fully saturated rings. The molecule has 0 radical (unpaired) electrons. The summed E-state index contributed by atoms with van der Waals surface area (Å²) in [6.07, 6.45) is 0. The molecule has 21 heavy (non-hydrogen) atoms. The van der Waals surface area contributed by atoms with Gasteiger partial charge in [0.15, 0.2) is 0 Å². The molecule has 0 aliphatic heterocycles. The summed E-state index contributed by atoms with van der Waals surface area (Å²) in [6, 6.07) is 14.2. The standard InChI is InChI=1S/C17H23N3O/c1-13(2)20(11-14-7-4-5-9-16(14)18)12-15-8-6-10-17(19-15)21-3/h4-10,13H,11-12,18H2,1-3H3. The van der Waals surface area contributed by atoms with Gasteiger partial charge in [-0.3, -0.25) is 4.90 Å². The fourth-order valence-electron chi connectivity index (χ4n) is 2.19. The van der Waals surface area contributed by atoms with Crippen molar-refractivity contribution >= 4 is 5.69 Å². The van der Waals surface area contributed by atoms with Crippen LogP contribution < -0.4 is 10.5 Å². The van der Waals surface area contributed by atoms with Crippen LogP contribution in [0.5, 0.6) is 5.88 Å². The van der Waals surface area contributed by atoms with Crippen molar-refractivity contribution < 1.29 is 4.74 Å². The number of nitrogens with two attached hydrogens (primary N) is 1. The van der Waals surface area contributed by atoms with Crippen LogP contribution in [0.1, 0.15) is 25.1 Å². The number of para-hydroxylation sites is 1. The van der Waals surface area contributed by atoms with Gasteiger partial charge in [-0.25, -0.2) is 4.98 Å². The maximum absolute atomic E-state index is 6.05. The molecule has 2 aromatic rings. The summed E-state index contributed by atoms with van der Waals surface area (Å²) in [5, 5.41) is 0. The van der Waals surface area contributed by atoms with Gasteiger partial charge >= 0.3 is 0 Å². The largest absolute Gasteiger partial charge is 0.481 e. The summed E-state index contributed by atoms with van der Waals surface area (Å²) in [4.78, 5) is 6.82. The van der Waals surface area contributed by atoms with Crippen LogP contribution in [0.15, 0.2) is 42.5 Å². The van der Waals surface area contributed by atoms with Gasteiger partial charge in [-0.2, -0.15) is 0 Å². The van der Waals surface area contributed by atoms with E-state index in [1.54, 1.807) is 7.11 Å². The summed E-state index contributed by atoms with van der Waals surface area (Å²) in [6.45, 7) is 5.94. The Morgan fingerprint density at radius 3 is 2.52 bits per heavy atom. The number of benzene rings is 1. The third-order valence-electron chi connectivity index (χ3n) is 3.51. The van der Waals surface area contributed by atoms with Gasteiger partial charge < -0.3 is 10.5 Å². The summed E-state index contributed by atoms with van der Waals surface area (Å²) in [5.41, 5.74) is 9.03. The molecule has 0 saturated carbocycles. The molecule has 1 aromatic carbocycles. The van der Waals surface area contributed by atoms with Gasteiger partial charge in [0.05, 0.1) is 12.8 Å². The Balaban J connectivity index is 2.14. The minimum atomic E-state index is 0.401. The molecule has 4 heteroatoms. The second-order valence-corrected chi connectivity index (χ2v) is 5.37. The molecule has 112 valence electrons. The zero-order valence-corrected chi connectivity index (χ0v) is 12.9. The summed E-state index contributed by atoms with van der Waals surface area (Å²) >= 11 is 0. The maximum atomic E-state index is 6.05. The smallest absolute Gasteiger partial charge is 0.213 e. The van der Waals surface area contributed by atoms with Gasteiger partial charge in [0, 0.05) is 30.9 Å². The third-order valence-corrected chi connectivity index (χ3v) is 3.51. The Morgan fingerprint density at radius 2 is 1.86 bits per heavy atom. The maximum Gasteiger partial charge on any atom is 0.213 e. The highest BCUT2D eigenvalue weighted by Crippen LogP contribution is 2.18. The predicted molar refractivity (Wildman–Crippen MR) is 86.0 cm³/mol. The second-order valence-electron chi connectivity index (χ2n) is 5.37. The molecule has 0 saturated heterocycles.